The van der Waals surface area contributed by atoms with Crippen LogP contribution < -0.4 is 0 Å². The molecule has 2 rings (SSSR count). The molecule has 2 nitrogen and oxygen atoms in total. The molecule has 1 unspecified atom stereocenters. The standard InChI is InChI=1S/C13H24N2/c1-2-3-5-8-14-10-11-15-9-6-4-7-13(15)12-14/h2-3,13H,4-12H2,1H3/b3-2+. The van der Waals surface area contributed by atoms with Crippen LogP contribution in [0.4, 0.5) is 0 Å². The Morgan fingerprint density at radius 2 is 2.13 bits per heavy atom. The smallest absolute Gasteiger partial charge is 0.0223 e. The third-order valence-electron chi connectivity index (χ3n) is 3.77. The van der Waals surface area contributed by atoms with Gasteiger partial charge in [0.05, 0.1) is 0 Å². The van der Waals surface area contributed by atoms with Crippen molar-refractivity contribution in [1.82, 2.24) is 9.80 Å². The number of allylic oxidation sites excluding steroid dienone is 1. The number of rotatable bonds is 3. The predicted molar refractivity (Wildman–Crippen MR) is 65.1 cm³/mol. The zero-order valence-corrected chi connectivity index (χ0v) is 9.99. The fourth-order valence-electron chi connectivity index (χ4n) is 2.85. The van der Waals surface area contributed by atoms with Gasteiger partial charge in [-0.1, -0.05) is 18.6 Å². The molecule has 0 radical (unpaired) electrons. The molecule has 0 aromatic heterocycles. The monoisotopic (exact) mass is 208 g/mol. The molecule has 0 N–H and O–H groups in total. The molecular weight excluding hydrogens is 184 g/mol. The van der Waals surface area contributed by atoms with Crippen LogP contribution in [0, 0.1) is 0 Å². The lowest BCUT2D eigenvalue weighted by Crippen LogP contribution is -2.54. The Morgan fingerprint density at radius 1 is 1.20 bits per heavy atom. The molecule has 2 aliphatic heterocycles. The van der Waals surface area contributed by atoms with Crippen molar-refractivity contribution >= 4 is 0 Å². The summed E-state index contributed by atoms with van der Waals surface area (Å²) in [6.45, 7) is 8.63. The number of hydrogen-bond acceptors (Lipinski definition) is 2. The van der Waals surface area contributed by atoms with Gasteiger partial charge in [-0.2, -0.15) is 0 Å². The molecule has 15 heavy (non-hydrogen) atoms. The van der Waals surface area contributed by atoms with E-state index in [0.717, 1.165) is 6.04 Å². The topological polar surface area (TPSA) is 6.48 Å². The average Bonchev–Trinajstić information content (AvgIpc) is 2.29. The first-order valence-corrected chi connectivity index (χ1v) is 6.47. The van der Waals surface area contributed by atoms with Crippen molar-refractivity contribution in [3.63, 3.8) is 0 Å². The summed E-state index contributed by atoms with van der Waals surface area (Å²) in [6, 6.07) is 0.873. The van der Waals surface area contributed by atoms with E-state index in [1.165, 1.54) is 58.4 Å². The Balaban J connectivity index is 1.75. The van der Waals surface area contributed by atoms with Crippen molar-refractivity contribution in [1.29, 1.82) is 0 Å². The summed E-state index contributed by atoms with van der Waals surface area (Å²) < 4.78 is 0. The average molecular weight is 208 g/mol. The highest BCUT2D eigenvalue weighted by Gasteiger charge is 2.28. The second-order valence-corrected chi connectivity index (χ2v) is 4.84. The van der Waals surface area contributed by atoms with Crippen molar-refractivity contribution in [2.45, 2.75) is 38.6 Å². The number of fused-ring (bicyclic) bond motifs is 1. The summed E-state index contributed by atoms with van der Waals surface area (Å²) in [4.78, 5) is 5.35. The number of piperidine rings is 1. The number of piperazine rings is 1. The quantitative estimate of drug-likeness (QED) is 0.656. The molecule has 0 aromatic rings. The van der Waals surface area contributed by atoms with Crippen molar-refractivity contribution in [2.75, 3.05) is 32.7 Å². The summed E-state index contributed by atoms with van der Waals surface area (Å²) >= 11 is 0. The molecule has 2 aliphatic rings. The SMILES string of the molecule is C/C=C/CCN1CCN2CCCCC2C1. The lowest BCUT2D eigenvalue weighted by atomic mass is 9.99. The van der Waals surface area contributed by atoms with E-state index in [9.17, 15) is 0 Å². The molecule has 0 bridgehead atoms. The maximum Gasteiger partial charge on any atom is 0.0223 e. The largest absolute Gasteiger partial charge is 0.300 e. The van der Waals surface area contributed by atoms with Gasteiger partial charge in [-0.15, -0.1) is 0 Å². The highest BCUT2D eigenvalue weighted by Crippen LogP contribution is 2.20. The minimum atomic E-state index is 0.873. The van der Waals surface area contributed by atoms with Gasteiger partial charge in [0.15, 0.2) is 0 Å². The van der Waals surface area contributed by atoms with Gasteiger partial charge >= 0.3 is 0 Å². The highest BCUT2D eigenvalue weighted by molar-refractivity contribution is 4.86. The summed E-state index contributed by atoms with van der Waals surface area (Å²) in [7, 11) is 0. The molecule has 2 fully saturated rings. The van der Waals surface area contributed by atoms with Gasteiger partial charge in [-0.25, -0.2) is 0 Å². The lowest BCUT2D eigenvalue weighted by molar-refractivity contribution is 0.0503. The Bertz CT molecular complexity index is 213. The van der Waals surface area contributed by atoms with E-state index in [0.29, 0.717) is 0 Å². The van der Waals surface area contributed by atoms with Crippen molar-refractivity contribution < 1.29 is 0 Å². The number of hydrogen-bond donors (Lipinski definition) is 0. The Hall–Kier alpha value is -0.340. The summed E-state index contributed by atoms with van der Waals surface area (Å²) in [5, 5.41) is 0. The van der Waals surface area contributed by atoms with E-state index >= 15 is 0 Å². The van der Waals surface area contributed by atoms with Gasteiger partial charge in [0, 0.05) is 32.2 Å². The zero-order valence-electron chi connectivity index (χ0n) is 9.99. The minimum Gasteiger partial charge on any atom is -0.300 e. The maximum absolute atomic E-state index is 2.70. The van der Waals surface area contributed by atoms with Gasteiger partial charge in [0.25, 0.3) is 0 Å². The molecular formula is C13H24N2. The van der Waals surface area contributed by atoms with Crippen LogP contribution in [-0.4, -0.2) is 48.6 Å². The fraction of sp³-hybridized carbons (Fsp3) is 0.846. The fourth-order valence-corrected chi connectivity index (χ4v) is 2.85. The molecule has 0 spiro atoms. The van der Waals surface area contributed by atoms with Crippen molar-refractivity contribution in [2.24, 2.45) is 0 Å². The van der Waals surface area contributed by atoms with Crippen LogP contribution in [0.15, 0.2) is 12.2 Å². The molecule has 0 amide bonds. The lowest BCUT2D eigenvalue weighted by Gasteiger charge is -2.44. The van der Waals surface area contributed by atoms with Gasteiger partial charge in [-0.3, -0.25) is 4.90 Å². The van der Waals surface area contributed by atoms with Gasteiger partial charge in [-0.05, 0) is 32.7 Å². The summed E-state index contributed by atoms with van der Waals surface area (Å²) in [6.07, 6.45) is 9.98. The van der Waals surface area contributed by atoms with E-state index in [-0.39, 0.29) is 0 Å². The van der Waals surface area contributed by atoms with Gasteiger partial charge in [0.2, 0.25) is 0 Å². The van der Waals surface area contributed by atoms with Crippen molar-refractivity contribution in [3.8, 4) is 0 Å². The van der Waals surface area contributed by atoms with E-state index < -0.39 is 0 Å². The zero-order chi connectivity index (χ0) is 10.5. The molecule has 86 valence electrons. The van der Waals surface area contributed by atoms with Crippen LogP contribution in [0.2, 0.25) is 0 Å². The van der Waals surface area contributed by atoms with Gasteiger partial charge < -0.3 is 4.90 Å². The van der Waals surface area contributed by atoms with E-state index in [2.05, 4.69) is 28.9 Å². The van der Waals surface area contributed by atoms with Crippen LogP contribution in [0.25, 0.3) is 0 Å². The Kier molecular flexibility index (Phi) is 4.21. The first-order chi connectivity index (χ1) is 7.40. The molecule has 2 heteroatoms. The van der Waals surface area contributed by atoms with Crippen LogP contribution in [0.1, 0.15) is 32.6 Å². The van der Waals surface area contributed by atoms with Crippen LogP contribution in [0.5, 0.6) is 0 Å². The molecule has 2 heterocycles. The Labute approximate surface area is 93.9 Å². The molecule has 0 aliphatic carbocycles. The Morgan fingerprint density at radius 3 is 3.00 bits per heavy atom. The van der Waals surface area contributed by atoms with Crippen LogP contribution in [-0.2, 0) is 0 Å². The van der Waals surface area contributed by atoms with Crippen LogP contribution >= 0.6 is 0 Å². The summed E-state index contributed by atoms with van der Waals surface area (Å²) in [5.74, 6) is 0. The van der Waals surface area contributed by atoms with E-state index in [1.807, 2.05) is 0 Å². The molecule has 0 aromatic carbocycles. The second-order valence-electron chi connectivity index (χ2n) is 4.84. The maximum atomic E-state index is 2.70. The van der Waals surface area contributed by atoms with Crippen molar-refractivity contribution in [3.05, 3.63) is 12.2 Å². The molecule has 0 saturated carbocycles. The second kappa shape index (κ2) is 5.66. The normalized spacial score (nSPS) is 29.5. The number of nitrogens with zero attached hydrogens (tertiary/aromatic N) is 2. The van der Waals surface area contributed by atoms with Gasteiger partial charge in [0.1, 0.15) is 0 Å². The van der Waals surface area contributed by atoms with Crippen LogP contribution in [0.3, 0.4) is 0 Å². The molecule has 2 saturated heterocycles. The predicted octanol–water partition coefficient (Wildman–Crippen LogP) is 2.12. The van der Waals surface area contributed by atoms with E-state index in [4.69, 9.17) is 0 Å². The highest BCUT2D eigenvalue weighted by atomic mass is 15.3. The first kappa shape index (κ1) is 11.2. The first-order valence-electron chi connectivity index (χ1n) is 6.47. The van der Waals surface area contributed by atoms with E-state index in [1.54, 1.807) is 0 Å². The molecule has 1 atom stereocenters. The third-order valence-corrected chi connectivity index (χ3v) is 3.77. The minimum absolute atomic E-state index is 0.873. The summed E-state index contributed by atoms with van der Waals surface area (Å²) in [5.41, 5.74) is 0. The third kappa shape index (κ3) is 3.05.